The van der Waals surface area contributed by atoms with Gasteiger partial charge in [-0.1, -0.05) is 30.3 Å². The number of rotatable bonds is 4. The highest BCUT2D eigenvalue weighted by molar-refractivity contribution is 7.12. The van der Waals surface area contributed by atoms with Crippen LogP contribution in [0.15, 0.2) is 64.8 Å². The first kappa shape index (κ1) is 17.5. The van der Waals surface area contributed by atoms with Crippen LogP contribution in [-0.2, 0) is 0 Å². The third-order valence-corrected chi connectivity index (χ3v) is 5.75. The molecule has 1 aliphatic rings. The van der Waals surface area contributed by atoms with Gasteiger partial charge in [-0.2, -0.15) is 0 Å². The number of piperidine rings is 1. The van der Waals surface area contributed by atoms with Crippen LogP contribution in [0.2, 0.25) is 0 Å². The van der Waals surface area contributed by atoms with Gasteiger partial charge in [0.2, 0.25) is 0 Å². The molecule has 1 fully saturated rings. The second-order valence-electron chi connectivity index (χ2n) is 6.58. The average molecular weight is 380 g/mol. The quantitative estimate of drug-likeness (QED) is 0.743. The first-order chi connectivity index (χ1) is 13.2. The fraction of sp³-hybridized carbons (Fsp3) is 0.238. The highest BCUT2D eigenvalue weighted by Gasteiger charge is 2.26. The summed E-state index contributed by atoms with van der Waals surface area (Å²) >= 11 is 1.46. The molecule has 1 saturated heterocycles. The smallest absolute Gasteiger partial charge is 0.262 e. The van der Waals surface area contributed by atoms with Gasteiger partial charge in [0.15, 0.2) is 0 Å². The first-order valence-corrected chi connectivity index (χ1v) is 9.85. The average Bonchev–Trinajstić information content (AvgIpc) is 3.41. The molecule has 1 N–H and O–H groups in total. The molecule has 27 heavy (non-hydrogen) atoms. The lowest BCUT2D eigenvalue weighted by Gasteiger charge is -2.32. The highest BCUT2D eigenvalue weighted by atomic mass is 32.1. The summed E-state index contributed by atoms with van der Waals surface area (Å²) in [5.74, 6) is -0.0541. The molecule has 3 aromatic rings. The van der Waals surface area contributed by atoms with Gasteiger partial charge in [-0.15, -0.1) is 11.3 Å². The molecule has 6 heteroatoms. The second-order valence-corrected chi connectivity index (χ2v) is 7.50. The zero-order valence-corrected chi connectivity index (χ0v) is 15.6. The van der Waals surface area contributed by atoms with Gasteiger partial charge in [-0.05, 0) is 35.9 Å². The maximum atomic E-state index is 12.8. The Labute approximate surface area is 161 Å². The Bertz CT molecular complexity index is 910. The number of thiophene rings is 1. The molecule has 1 aromatic carbocycles. The van der Waals surface area contributed by atoms with Crippen LogP contribution in [0.1, 0.15) is 32.9 Å². The molecular weight excluding hydrogens is 360 g/mol. The maximum Gasteiger partial charge on any atom is 0.262 e. The van der Waals surface area contributed by atoms with Crippen molar-refractivity contribution in [1.29, 1.82) is 0 Å². The molecular formula is C21H20N2O3S. The topological polar surface area (TPSA) is 62.6 Å². The third-order valence-electron chi connectivity index (χ3n) is 4.84. The van der Waals surface area contributed by atoms with Crippen molar-refractivity contribution in [2.24, 2.45) is 0 Å². The molecule has 0 unspecified atom stereocenters. The molecule has 3 heterocycles. The number of likely N-dealkylation sites (tertiary alicyclic amines) is 1. The summed E-state index contributed by atoms with van der Waals surface area (Å²) < 4.78 is 4.99. The molecule has 2 aromatic heterocycles. The molecule has 2 amide bonds. The van der Waals surface area contributed by atoms with Crippen molar-refractivity contribution < 1.29 is 14.0 Å². The summed E-state index contributed by atoms with van der Waals surface area (Å²) in [5, 5.41) is 5.09. The minimum Gasteiger partial charge on any atom is -0.472 e. The predicted molar refractivity (Wildman–Crippen MR) is 105 cm³/mol. The Hall–Kier alpha value is -2.86. The van der Waals surface area contributed by atoms with Crippen LogP contribution in [0, 0.1) is 0 Å². The molecule has 4 rings (SSSR count). The van der Waals surface area contributed by atoms with E-state index in [1.165, 1.54) is 23.9 Å². The van der Waals surface area contributed by atoms with E-state index in [9.17, 15) is 9.59 Å². The van der Waals surface area contributed by atoms with Gasteiger partial charge in [0, 0.05) is 24.7 Å². The lowest BCUT2D eigenvalue weighted by atomic mass is 10.0. The fourth-order valence-corrected chi connectivity index (χ4v) is 4.20. The summed E-state index contributed by atoms with van der Waals surface area (Å²) in [4.78, 5) is 27.7. The van der Waals surface area contributed by atoms with Crippen molar-refractivity contribution in [3.05, 3.63) is 70.8 Å². The Morgan fingerprint density at radius 2 is 1.85 bits per heavy atom. The monoisotopic (exact) mass is 380 g/mol. The van der Waals surface area contributed by atoms with Crippen LogP contribution in [0.3, 0.4) is 0 Å². The van der Waals surface area contributed by atoms with E-state index in [4.69, 9.17) is 4.42 Å². The zero-order valence-electron chi connectivity index (χ0n) is 14.8. The summed E-state index contributed by atoms with van der Waals surface area (Å²) in [5.41, 5.74) is 2.58. The standard InChI is InChI=1S/C21H20N2O3S/c24-20(19-18(9-13-27-19)15-4-2-1-3-5-15)22-17-6-10-23(11-7-17)21(25)16-8-12-26-14-16/h1-5,8-9,12-14,17H,6-7,10-11H2,(H,22,24). The van der Waals surface area contributed by atoms with Crippen LogP contribution >= 0.6 is 11.3 Å². The summed E-state index contributed by atoms with van der Waals surface area (Å²) in [7, 11) is 0. The largest absolute Gasteiger partial charge is 0.472 e. The number of hydrogen-bond donors (Lipinski definition) is 1. The van der Waals surface area contributed by atoms with E-state index in [-0.39, 0.29) is 17.9 Å². The minimum atomic E-state index is -0.0385. The Morgan fingerprint density at radius 1 is 1.07 bits per heavy atom. The molecule has 5 nitrogen and oxygen atoms in total. The number of benzene rings is 1. The van der Waals surface area contributed by atoms with Gasteiger partial charge in [-0.25, -0.2) is 0 Å². The SMILES string of the molecule is O=C(NC1CCN(C(=O)c2ccoc2)CC1)c1sccc1-c1ccccc1. The Balaban J connectivity index is 1.37. The fourth-order valence-electron chi connectivity index (χ4n) is 3.38. The van der Waals surface area contributed by atoms with Gasteiger partial charge < -0.3 is 14.6 Å². The van der Waals surface area contributed by atoms with Gasteiger partial charge in [-0.3, -0.25) is 9.59 Å². The van der Waals surface area contributed by atoms with Crippen LogP contribution < -0.4 is 5.32 Å². The molecule has 0 atom stereocenters. The Morgan fingerprint density at radius 3 is 2.56 bits per heavy atom. The molecule has 0 radical (unpaired) electrons. The number of carbonyl (C=O) groups is 2. The van der Waals surface area contributed by atoms with Crippen LogP contribution in [-0.4, -0.2) is 35.8 Å². The van der Waals surface area contributed by atoms with Crippen molar-refractivity contribution in [3.63, 3.8) is 0 Å². The Kier molecular flexibility index (Phi) is 5.07. The number of nitrogens with one attached hydrogen (secondary N) is 1. The second kappa shape index (κ2) is 7.80. The van der Waals surface area contributed by atoms with Gasteiger partial charge >= 0.3 is 0 Å². The van der Waals surface area contributed by atoms with Crippen LogP contribution in [0.4, 0.5) is 0 Å². The molecule has 0 bridgehead atoms. The number of hydrogen-bond acceptors (Lipinski definition) is 4. The van der Waals surface area contributed by atoms with E-state index in [0.29, 0.717) is 18.7 Å². The maximum absolute atomic E-state index is 12.8. The van der Waals surface area contributed by atoms with Crippen molar-refractivity contribution >= 4 is 23.2 Å². The van der Waals surface area contributed by atoms with Gasteiger partial charge in [0.05, 0.1) is 16.7 Å². The number of nitrogens with zero attached hydrogens (tertiary/aromatic N) is 1. The molecule has 0 spiro atoms. The van der Waals surface area contributed by atoms with E-state index in [1.807, 2.05) is 46.7 Å². The van der Waals surface area contributed by atoms with Crippen LogP contribution in [0.5, 0.6) is 0 Å². The minimum absolute atomic E-state index is 0.0156. The summed E-state index contributed by atoms with van der Waals surface area (Å²) in [6.07, 6.45) is 4.48. The van der Waals surface area contributed by atoms with Crippen LogP contribution in [0.25, 0.3) is 11.1 Å². The normalized spacial score (nSPS) is 14.9. The van der Waals surface area contributed by atoms with Gasteiger partial charge in [0.25, 0.3) is 11.8 Å². The summed E-state index contributed by atoms with van der Waals surface area (Å²) in [6, 6.07) is 13.7. The van der Waals surface area contributed by atoms with E-state index in [0.717, 1.165) is 28.8 Å². The van der Waals surface area contributed by atoms with Crippen molar-refractivity contribution in [2.75, 3.05) is 13.1 Å². The molecule has 0 aliphatic carbocycles. The van der Waals surface area contributed by atoms with Crippen molar-refractivity contribution in [1.82, 2.24) is 10.2 Å². The molecule has 138 valence electrons. The van der Waals surface area contributed by atoms with E-state index in [2.05, 4.69) is 5.32 Å². The van der Waals surface area contributed by atoms with Crippen molar-refractivity contribution in [2.45, 2.75) is 18.9 Å². The van der Waals surface area contributed by atoms with Gasteiger partial charge in [0.1, 0.15) is 6.26 Å². The van der Waals surface area contributed by atoms with E-state index < -0.39 is 0 Å². The lowest BCUT2D eigenvalue weighted by molar-refractivity contribution is 0.0698. The molecule has 1 aliphatic heterocycles. The summed E-state index contributed by atoms with van der Waals surface area (Å²) in [6.45, 7) is 1.26. The van der Waals surface area contributed by atoms with E-state index >= 15 is 0 Å². The molecule has 0 saturated carbocycles. The third kappa shape index (κ3) is 3.80. The predicted octanol–water partition coefficient (Wildman–Crippen LogP) is 4.04. The van der Waals surface area contributed by atoms with E-state index in [1.54, 1.807) is 6.07 Å². The first-order valence-electron chi connectivity index (χ1n) is 8.97. The number of amides is 2. The highest BCUT2D eigenvalue weighted by Crippen LogP contribution is 2.28. The number of carbonyl (C=O) groups excluding carboxylic acids is 2. The lowest BCUT2D eigenvalue weighted by Crippen LogP contribution is -2.46. The van der Waals surface area contributed by atoms with Crippen molar-refractivity contribution in [3.8, 4) is 11.1 Å². The zero-order chi connectivity index (χ0) is 18.6. The number of furan rings is 1.